The summed E-state index contributed by atoms with van der Waals surface area (Å²) in [6.45, 7) is 0.213. The van der Waals surface area contributed by atoms with Gasteiger partial charge in [-0.1, -0.05) is 0 Å². The number of aliphatic hydroxyl groups excluding tert-OH is 1. The van der Waals surface area contributed by atoms with Crippen LogP contribution in [0.25, 0.3) is 0 Å². The van der Waals surface area contributed by atoms with Crippen LogP contribution >= 0.6 is 11.3 Å². The molecule has 2 aromatic heterocycles. The number of H-pyrrole nitrogens is 1. The standard InChI is InChI=1S/C14H18N4O2S/c19-13(10-3-4-21-8-10)7-15-14(20)17-11-2-1-9-6-16-18-12(9)5-11/h3-4,6,8,11,13,19H,1-2,5,7H2,(H,16,18)(H2,15,17,20). The number of fused-ring (bicyclic) bond motifs is 1. The minimum absolute atomic E-state index is 0.108. The van der Waals surface area contributed by atoms with E-state index in [2.05, 4.69) is 20.8 Å². The summed E-state index contributed by atoms with van der Waals surface area (Å²) in [5.41, 5.74) is 3.17. The molecular weight excluding hydrogens is 288 g/mol. The van der Waals surface area contributed by atoms with Crippen LogP contribution in [-0.2, 0) is 12.8 Å². The van der Waals surface area contributed by atoms with E-state index in [1.165, 1.54) is 16.9 Å². The summed E-state index contributed by atoms with van der Waals surface area (Å²) in [5, 5.41) is 26.4. The van der Waals surface area contributed by atoms with Gasteiger partial charge in [0.1, 0.15) is 0 Å². The van der Waals surface area contributed by atoms with E-state index in [0.717, 1.165) is 30.5 Å². The number of aryl methyl sites for hydroxylation is 1. The maximum atomic E-state index is 11.9. The van der Waals surface area contributed by atoms with Gasteiger partial charge in [-0.3, -0.25) is 5.10 Å². The SMILES string of the molecule is O=C(NCC(O)c1ccsc1)NC1CCc2cn[nH]c2C1. The Labute approximate surface area is 126 Å². The van der Waals surface area contributed by atoms with Crippen molar-refractivity contribution in [1.82, 2.24) is 20.8 Å². The predicted molar refractivity (Wildman–Crippen MR) is 80.2 cm³/mol. The lowest BCUT2D eigenvalue weighted by Gasteiger charge is -2.23. The zero-order valence-electron chi connectivity index (χ0n) is 11.5. The number of aromatic nitrogens is 2. The zero-order valence-corrected chi connectivity index (χ0v) is 12.3. The highest BCUT2D eigenvalue weighted by atomic mass is 32.1. The monoisotopic (exact) mass is 306 g/mol. The fraction of sp³-hybridized carbons (Fsp3) is 0.429. The molecule has 0 fully saturated rings. The summed E-state index contributed by atoms with van der Waals surface area (Å²) in [7, 11) is 0. The molecule has 4 N–H and O–H groups in total. The highest BCUT2D eigenvalue weighted by Crippen LogP contribution is 2.19. The molecule has 2 atom stereocenters. The molecular formula is C14H18N4O2S. The van der Waals surface area contributed by atoms with Crippen molar-refractivity contribution >= 4 is 17.4 Å². The first-order valence-corrected chi connectivity index (χ1v) is 7.92. The number of carbonyl (C=O) groups is 1. The van der Waals surface area contributed by atoms with Gasteiger partial charge in [0.25, 0.3) is 0 Å². The number of urea groups is 1. The second kappa shape index (κ2) is 6.28. The summed E-state index contributed by atoms with van der Waals surface area (Å²) >= 11 is 1.53. The van der Waals surface area contributed by atoms with Crippen molar-refractivity contribution in [2.75, 3.05) is 6.54 Å². The van der Waals surface area contributed by atoms with Crippen LogP contribution in [0.5, 0.6) is 0 Å². The Bertz CT molecular complexity index is 596. The lowest BCUT2D eigenvalue weighted by atomic mass is 9.94. The van der Waals surface area contributed by atoms with Crippen molar-refractivity contribution in [2.45, 2.75) is 31.4 Å². The Morgan fingerprint density at radius 3 is 3.33 bits per heavy atom. The van der Waals surface area contributed by atoms with Gasteiger partial charge in [-0.15, -0.1) is 0 Å². The number of amides is 2. The summed E-state index contributed by atoms with van der Waals surface area (Å²) in [5.74, 6) is 0. The topological polar surface area (TPSA) is 90.0 Å². The van der Waals surface area contributed by atoms with Gasteiger partial charge in [0, 0.05) is 24.7 Å². The molecule has 2 amide bonds. The fourth-order valence-electron chi connectivity index (χ4n) is 2.54. The summed E-state index contributed by atoms with van der Waals surface area (Å²) in [6, 6.07) is 1.73. The molecule has 0 aromatic carbocycles. The van der Waals surface area contributed by atoms with Crippen molar-refractivity contribution in [3.05, 3.63) is 39.8 Å². The molecule has 0 bridgehead atoms. The molecule has 2 unspecified atom stereocenters. The van der Waals surface area contributed by atoms with Crippen LogP contribution in [0.1, 0.15) is 29.3 Å². The van der Waals surface area contributed by atoms with Gasteiger partial charge in [0.15, 0.2) is 0 Å². The van der Waals surface area contributed by atoms with Crippen LogP contribution in [0.2, 0.25) is 0 Å². The predicted octanol–water partition coefficient (Wildman–Crippen LogP) is 1.36. The molecule has 21 heavy (non-hydrogen) atoms. The fourth-order valence-corrected chi connectivity index (χ4v) is 3.25. The second-order valence-electron chi connectivity index (χ2n) is 5.24. The van der Waals surface area contributed by atoms with E-state index in [0.29, 0.717) is 0 Å². The van der Waals surface area contributed by atoms with E-state index >= 15 is 0 Å². The molecule has 6 nitrogen and oxygen atoms in total. The second-order valence-corrected chi connectivity index (χ2v) is 6.02. The largest absolute Gasteiger partial charge is 0.387 e. The van der Waals surface area contributed by atoms with Crippen LogP contribution in [-0.4, -0.2) is 33.9 Å². The van der Waals surface area contributed by atoms with Gasteiger partial charge in [-0.05, 0) is 40.8 Å². The first kappa shape index (κ1) is 14.1. The van der Waals surface area contributed by atoms with Crippen LogP contribution in [0.4, 0.5) is 4.79 Å². The maximum absolute atomic E-state index is 11.9. The minimum atomic E-state index is -0.660. The first-order valence-electron chi connectivity index (χ1n) is 6.98. The molecule has 0 radical (unpaired) electrons. The van der Waals surface area contributed by atoms with Crippen molar-refractivity contribution in [3.8, 4) is 0 Å². The average molecular weight is 306 g/mol. The van der Waals surface area contributed by atoms with Crippen molar-refractivity contribution in [3.63, 3.8) is 0 Å². The number of hydrogen-bond donors (Lipinski definition) is 4. The number of aromatic amines is 1. The Morgan fingerprint density at radius 1 is 1.62 bits per heavy atom. The Hall–Kier alpha value is -1.86. The number of carbonyl (C=O) groups excluding carboxylic acids is 1. The molecule has 7 heteroatoms. The molecule has 3 rings (SSSR count). The lowest BCUT2D eigenvalue weighted by Crippen LogP contribution is -2.45. The first-order chi connectivity index (χ1) is 10.2. The normalized spacial score (nSPS) is 18.8. The molecule has 1 aliphatic rings. The number of thiophene rings is 1. The third-order valence-corrected chi connectivity index (χ3v) is 4.44. The van der Waals surface area contributed by atoms with Gasteiger partial charge in [-0.25, -0.2) is 4.79 Å². The molecule has 2 heterocycles. The molecule has 0 saturated carbocycles. The summed E-state index contributed by atoms with van der Waals surface area (Å²) < 4.78 is 0. The molecule has 0 aliphatic heterocycles. The van der Waals surface area contributed by atoms with Crippen molar-refractivity contribution in [1.29, 1.82) is 0 Å². The van der Waals surface area contributed by atoms with Crippen LogP contribution in [0, 0.1) is 0 Å². The van der Waals surface area contributed by atoms with Crippen LogP contribution in [0.15, 0.2) is 23.0 Å². The van der Waals surface area contributed by atoms with Gasteiger partial charge < -0.3 is 15.7 Å². The molecule has 0 saturated heterocycles. The van der Waals surface area contributed by atoms with Crippen LogP contribution in [0.3, 0.4) is 0 Å². The molecule has 0 spiro atoms. The number of nitrogens with one attached hydrogen (secondary N) is 3. The van der Waals surface area contributed by atoms with E-state index in [9.17, 15) is 9.90 Å². The van der Waals surface area contributed by atoms with E-state index in [4.69, 9.17) is 0 Å². The summed E-state index contributed by atoms with van der Waals surface area (Å²) in [6.07, 6.45) is 3.80. The van der Waals surface area contributed by atoms with Crippen molar-refractivity contribution in [2.24, 2.45) is 0 Å². The van der Waals surface area contributed by atoms with Crippen molar-refractivity contribution < 1.29 is 9.90 Å². The van der Waals surface area contributed by atoms with E-state index in [1.54, 1.807) is 0 Å². The smallest absolute Gasteiger partial charge is 0.315 e. The van der Waals surface area contributed by atoms with E-state index in [1.807, 2.05) is 23.0 Å². The summed E-state index contributed by atoms with van der Waals surface area (Å²) in [4.78, 5) is 11.9. The molecule has 2 aromatic rings. The number of rotatable bonds is 4. The third kappa shape index (κ3) is 3.43. The number of aliphatic hydroxyl groups is 1. The highest BCUT2D eigenvalue weighted by Gasteiger charge is 2.21. The van der Waals surface area contributed by atoms with Gasteiger partial charge >= 0.3 is 6.03 Å². The number of hydrogen-bond acceptors (Lipinski definition) is 4. The zero-order chi connectivity index (χ0) is 14.7. The Balaban J connectivity index is 1.45. The minimum Gasteiger partial charge on any atom is -0.387 e. The molecule has 112 valence electrons. The molecule has 1 aliphatic carbocycles. The Morgan fingerprint density at radius 2 is 2.52 bits per heavy atom. The maximum Gasteiger partial charge on any atom is 0.315 e. The van der Waals surface area contributed by atoms with Gasteiger partial charge in [0.2, 0.25) is 0 Å². The van der Waals surface area contributed by atoms with E-state index in [-0.39, 0.29) is 18.6 Å². The Kier molecular flexibility index (Phi) is 4.21. The van der Waals surface area contributed by atoms with Gasteiger partial charge in [-0.2, -0.15) is 16.4 Å². The highest BCUT2D eigenvalue weighted by molar-refractivity contribution is 7.07. The van der Waals surface area contributed by atoms with E-state index < -0.39 is 6.10 Å². The average Bonchev–Trinajstić information content (AvgIpc) is 3.15. The van der Waals surface area contributed by atoms with Gasteiger partial charge in [0.05, 0.1) is 12.3 Å². The van der Waals surface area contributed by atoms with Crippen LogP contribution < -0.4 is 10.6 Å². The quantitative estimate of drug-likeness (QED) is 0.687. The lowest BCUT2D eigenvalue weighted by molar-refractivity contribution is 0.172. The third-order valence-electron chi connectivity index (χ3n) is 3.74. The number of nitrogens with zero attached hydrogens (tertiary/aromatic N) is 1.